The summed E-state index contributed by atoms with van der Waals surface area (Å²) >= 11 is 0. The second kappa shape index (κ2) is 7.30. The van der Waals surface area contributed by atoms with Crippen LogP contribution in [0.3, 0.4) is 0 Å². The molecular weight excluding hydrogens is 214 g/mol. The third kappa shape index (κ3) is 4.75. The number of aromatic hydroxyl groups is 1. The summed E-state index contributed by atoms with van der Waals surface area (Å²) in [5.41, 5.74) is 1.17. The zero-order valence-corrected chi connectivity index (χ0v) is 10.7. The molecule has 96 valence electrons. The molecule has 0 saturated heterocycles. The minimum absolute atomic E-state index is 0.258. The highest BCUT2D eigenvalue weighted by atomic mass is 16.3. The van der Waals surface area contributed by atoms with Crippen molar-refractivity contribution in [2.24, 2.45) is 5.92 Å². The Bertz CT molecular complexity index is 311. The van der Waals surface area contributed by atoms with Crippen LogP contribution in [0.4, 0.5) is 0 Å². The molecule has 0 aliphatic carbocycles. The number of aliphatic hydroxyl groups excluding tert-OH is 1. The number of phenols is 1. The molecule has 0 saturated carbocycles. The zero-order valence-electron chi connectivity index (χ0n) is 10.7. The number of hydrogen-bond donors (Lipinski definition) is 3. The predicted octanol–water partition coefficient (Wildman–Crippen LogP) is 2.45. The third-order valence-corrected chi connectivity index (χ3v) is 3.22. The second-order valence-electron chi connectivity index (χ2n) is 4.51. The molecule has 0 spiro atoms. The Balaban J connectivity index is 2.43. The Kier molecular flexibility index (Phi) is 6.01. The van der Waals surface area contributed by atoms with Crippen molar-refractivity contribution in [3.63, 3.8) is 0 Å². The number of rotatable bonds is 7. The second-order valence-corrected chi connectivity index (χ2v) is 4.51. The van der Waals surface area contributed by atoms with E-state index in [0.717, 1.165) is 19.4 Å². The van der Waals surface area contributed by atoms with Gasteiger partial charge in [0.25, 0.3) is 0 Å². The molecule has 17 heavy (non-hydrogen) atoms. The summed E-state index contributed by atoms with van der Waals surface area (Å²) in [6.45, 7) is 5.43. The van der Waals surface area contributed by atoms with E-state index in [1.807, 2.05) is 12.1 Å². The molecule has 0 aliphatic heterocycles. The lowest BCUT2D eigenvalue weighted by atomic mass is 10.0. The van der Waals surface area contributed by atoms with E-state index in [1.54, 1.807) is 12.1 Å². The molecule has 3 nitrogen and oxygen atoms in total. The van der Waals surface area contributed by atoms with Gasteiger partial charge in [0.05, 0.1) is 0 Å². The third-order valence-electron chi connectivity index (χ3n) is 3.22. The van der Waals surface area contributed by atoms with Gasteiger partial charge >= 0.3 is 0 Å². The largest absolute Gasteiger partial charge is 0.508 e. The van der Waals surface area contributed by atoms with Crippen LogP contribution < -0.4 is 5.32 Å². The van der Waals surface area contributed by atoms with Gasteiger partial charge in [0.1, 0.15) is 5.75 Å². The maximum absolute atomic E-state index is 9.22. The lowest BCUT2D eigenvalue weighted by Crippen LogP contribution is -2.26. The smallest absolute Gasteiger partial charge is 0.115 e. The summed E-state index contributed by atoms with van der Waals surface area (Å²) in [7, 11) is 0. The Morgan fingerprint density at radius 1 is 1.24 bits per heavy atom. The minimum Gasteiger partial charge on any atom is -0.508 e. The summed E-state index contributed by atoms with van der Waals surface area (Å²) in [6.07, 6.45) is 1.93. The maximum Gasteiger partial charge on any atom is 0.115 e. The SMILES string of the molecule is CCC(CCO)CNC(C)c1ccc(O)cc1. The summed E-state index contributed by atoms with van der Waals surface area (Å²) in [5.74, 6) is 0.826. The van der Waals surface area contributed by atoms with E-state index in [2.05, 4.69) is 19.2 Å². The molecule has 2 unspecified atom stereocenters. The Labute approximate surface area is 103 Å². The predicted molar refractivity (Wildman–Crippen MR) is 70.0 cm³/mol. The molecule has 1 aromatic rings. The van der Waals surface area contributed by atoms with Gasteiger partial charge in [-0.15, -0.1) is 0 Å². The van der Waals surface area contributed by atoms with E-state index in [9.17, 15) is 5.11 Å². The minimum atomic E-state index is 0.258. The van der Waals surface area contributed by atoms with Crippen molar-refractivity contribution in [1.29, 1.82) is 0 Å². The highest BCUT2D eigenvalue weighted by Crippen LogP contribution is 2.17. The molecule has 0 fully saturated rings. The average molecular weight is 237 g/mol. The number of phenolic OH excluding ortho intramolecular Hbond substituents is 1. The van der Waals surface area contributed by atoms with Crippen LogP contribution in [-0.4, -0.2) is 23.4 Å². The van der Waals surface area contributed by atoms with E-state index in [0.29, 0.717) is 11.7 Å². The quantitative estimate of drug-likeness (QED) is 0.683. The summed E-state index contributed by atoms with van der Waals surface area (Å²) in [5, 5.41) is 21.6. The average Bonchev–Trinajstić information content (AvgIpc) is 2.35. The van der Waals surface area contributed by atoms with Crippen molar-refractivity contribution in [3.05, 3.63) is 29.8 Å². The monoisotopic (exact) mass is 237 g/mol. The molecule has 0 amide bonds. The van der Waals surface area contributed by atoms with Crippen molar-refractivity contribution in [2.45, 2.75) is 32.7 Å². The van der Waals surface area contributed by atoms with Crippen molar-refractivity contribution >= 4 is 0 Å². The Morgan fingerprint density at radius 2 is 1.88 bits per heavy atom. The van der Waals surface area contributed by atoms with Crippen LogP contribution in [0, 0.1) is 5.92 Å². The van der Waals surface area contributed by atoms with Gasteiger partial charge in [0.2, 0.25) is 0 Å². The van der Waals surface area contributed by atoms with E-state index in [-0.39, 0.29) is 12.6 Å². The van der Waals surface area contributed by atoms with Crippen LogP contribution in [-0.2, 0) is 0 Å². The van der Waals surface area contributed by atoms with Gasteiger partial charge in [0, 0.05) is 12.6 Å². The number of benzene rings is 1. The highest BCUT2D eigenvalue weighted by Gasteiger charge is 2.09. The molecule has 0 bridgehead atoms. The Hall–Kier alpha value is -1.06. The fraction of sp³-hybridized carbons (Fsp3) is 0.571. The van der Waals surface area contributed by atoms with Gasteiger partial charge in [-0.1, -0.05) is 25.5 Å². The van der Waals surface area contributed by atoms with Crippen molar-refractivity contribution in [3.8, 4) is 5.75 Å². The molecule has 0 aromatic heterocycles. The first kappa shape index (κ1) is 14.0. The number of hydrogen-bond acceptors (Lipinski definition) is 3. The van der Waals surface area contributed by atoms with Crippen LogP contribution in [0.15, 0.2) is 24.3 Å². The molecule has 3 heteroatoms. The molecule has 0 heterocycles. The first-order valence-corrected chi connectivity index (χ1v) is 6.30. The Morgan fingerprint density at radius 3 is 2.41 bits per heavy atom. The van der Waals surface area contributed by atoms with E-state index >= 15 is 0 Å². The van der Waals surface area contributed by atoms with Gasteiger partial charge in [-0.25, -0.2) is 0 Å². The topological polar surface area (TPSA) is 52.5 Å². The van der Waals surface area contributed by atoms with E-state index in [1.165, 1.54) is 5.56 Å². The first-order chi connectivity index (χ1) is 8.17. The van der Waals surface area contributed by atoms with Gasteiger partial charge in [-0.2, -0.15) is 0 Å². The molecule has 3 N–H and O–H groups in total. The van der Waals surface area contributed by atoms with Crippen molar-refractivity contribution < 1.29 is 10.2 Å². The summed E-state index contributed by atoms with van der Waals surface area (Å²) in [6, 6.07) is 7.54. The molecular formula is C14H23NO2. The summed E-state index contributed by atoms with van der Waals surface area (Å²) < 4.78 is 0. The fourth-order valence-corrected chi connectivity index (χ4v) is 1.86. The van der Waals surface area contributed by atoms with Gasteiger partial charge in [0.15, 0.2) is 0 Å². The summed E-state index contributed by atoms with van der Waals surface area (Å²) in [4.78, 5) is 0. The highest BCUT2D eigenvalue weighted by molar-refractivity contribution is 5.27. The maximum atomic E-state index is 9.22. The zero-order chi connectivity index (χ0) is 12.7. The van der Waals surface area contributed by atoms with Gasteiger partial charge < -0.3 is 15.5 Å². The normalized spacial score (nSPS) is 14.5. The lowest BCUT2D eigenvalue weighted by molar-refractivity contribution is 0.249. The molecule has 1 aromatic carbocycles. The molecule has 2 atom stereocenters. The first-order valence-electron chi connectivity index (χ1n) is 6.30. The van der Waals surface area contributed by atoms with Crippen LogP contribution >= 0.6 is 0 Å². The standard InChI is InChI=1S/C14H23NO2/c1-3-12(8-9-16)10-15-11(2)13-4-6-14(17)7-5-13/h4-7,11-12,15-17H,3,8-10H2,1-2H3. The van der Waals surface area contributed by atoms with Crippen molar-refractivity contribution in [1.82, 2.24) is 5.32 Å². The number of nitrogens with one attached hydrogen (secondary N) is 1. The molecule has 0 aliphatic rings. The van der Waals surface area contributed by atoms with Crippen LogP contribution in [0.5, 0.6) is 5.75 Å². The van der Waals surface area contributed by atoms with Crippen LogP contribution in [0.2, 0.25) is 0 Å². The van der Waals surface area contributed by atoms with E-state index in [4.69, 9.17) is 5.11 Å². The van der Waals surface area contributed by atoms with Gasteiger partial charge in [-0.05, 0) is 43.5 Å². The molecule has 0 radical (unpaired) electrons. The van der Waals surface area contributed by atoms with Crippen LogP contribution in [0.25, 0.3) is 0 Å². The van der Waals surface area contributed by atoms with Crippen LogP contribution in [0.1, 0.15) is 38.3 Å². The lowest BCUT2D eigenvalue weighted by Gasteiger charge is -2.19. The van der Waals surface area contributed by atoms with Crippen molar-refractivity contribution in [2.75, 3.05) is 13.2 Å². The van der Waals surface area contributed by atoms with Gasteiger partial charge in [-0.3, -0.25) is 0 Å². The number of aliphatic hydroxyl groups is 1. The fourth-order valence-electron chi connectivity index (χ4n) is 1.86. The molecule has 1 rings (SSSR count). The van der Waals surface area contributed by atoms with E-state index < -0.39 is 0 Å².